The Bertz CT molecular complexity index is 926. The minimum absolute atomic E-state index is 0.0172. The Kier molecular flexibility index (Phi) is 8.66. The summed E-state index contributed by atoms with van der Waals surface area (Å²) in [5, 5.41) is 6.27. The van der Waals surface area contributed by atoms with E-state index in [0.717, 1.165) is 0 Å². The Hall–Kier alpha value is -2.39. The first-order valence-corrected chi connectivity index (χ1v) is 10.9. The monoisotopic (exact) mass is 445 g/mol. The quantitative estimate of drug-likeness (QED) is 0.456. The first-order chi connectivity index (χ1) is 13.8. The fourth-order valence-electron chi connectivity index (χ4n) is 2.44. The molecular weight excluding hydrogens is 424 g/mol. The third kappa shape index (κ3) is 7.51. The van der Waals surface area contributed by atoms with Gasteiger partial charge < -0.3 is 15.4 Å². The van der Waals surface area contributed by atoms with Crippen LogP contribution in [0.3, 0.4) is 0 Å². The molecule has 2 aromatic rings. The second kappa shape index (κ2) is 11.0. The lowest BCUT2D eigenvalue weighted by atomic mass is 10.2. The van der Waals surface area contributed by atoms with Crippen LogP contribution < -0.4 is 15.4 Å². The van der Waals surface area contributed by atoms with Gasteiger partial charge in [-0.1, -0.05) is 29.8 Å². The minimum Gasteiger partial charge on any atom is -0.434 e. The second-order valence-electron chi connectivity index (χ2n) is 5.88. The smallest absolute Gasteiger partial charge is 0.387 e. The number of benzene rings is 2. The number of nitrogens with one attached hydrogen (secondary N) is 2. The zero-order chi connectivity index (χ0) is 21.3. The SMILES string of the molecule is CCNC(=NCc1cc(Cl)ccc1OC(F)F)NCCS(=O)(=O)c1ccccc1. The van der Waals surface area contributed by atoms with Gasteiger partial charge in [0.05, 0.1) is 17.2 Å². The summed E-state index contributed by atoms with van der Waals surface area (Å²) in [6, 6.07) is 12.4. The van der Waals surface area contributed by atoms with E-state index < -0.39 is 16.4 Å². The van der Waals surface area contributed by atoms with Crippen LogP contribution in [0.25, 0.3) is 0 Å². The molecule has 2 aromatic carbocycles. The highest BCUT2D eigenvalue weighted by atomic mass is 35.5. The molecule has 0 aliphatic heterocycles. The fourth-order valence-corrected chi connectivity index (χ4v) is 3.81. The number of halogens is 3. The van der Waals surface area contributed by atoms with Gasteiger partial charge in [0.15, 0.2) is 15.8 Å². The molecule has 0 aliphatic rings. The lowest BCUT2D eigenvalue weighted by Gasteiger charge is -2.13. The number of nitrogens with zero attached hydrogens (tertiary/aromatic N) is 1. The molecule has 0 unspecified atom stereocenters. The fraction of sp³-hybridized carbons (Fsp3) is 0.316. The molecule has 0 saturated heterocycles. The van der Waals surface area contributed by atoms with E-state index in [0.29, 0.717) is 23.1 Å². The van der Waals surface area contributed by atoms with Crippen LogP contribution in [0.15, 0.2) is 58.4 Å². The van der Waals surface area contributed by atoms with Crippen molar-refractivity contribution in [3.63, 3.8) is 0 Å². The first kappa shape index (κ1) is 22.9. The molecule has 6 nitrogen and oxygen atoms in total. The molecule has 0 saturated carbocycles. The van der Waals surface area contributed by atoms with Crippen molar-refractivity contribution >= 4 is 27.4 Å². The van der Waals surface area contributed by atoms with Crippen LogP contribution in [-0.2, 0) is 16.4 Å². The van der Waals surface area contributed by atoms with E-state index >= 15 is 0 Å². The number of hydrogen-bond donors (Lipinski definition) is 2. The van der Waals surface area contributed by atoms with E-state index in [1.807, 2.05) is 6.92 Å². The topological polar surface area (TPSA) is 79.8 Å². The number of sulfone groups is 1. The molecule has 0 spiro atoms. The molecule has 0 bridgehead atoms. The third-order valence-corrected chi connectivity index (χ3v) is 5.72. The van der Waals surface area contributed by atoms with Gasteiger partial charge in [0.2, 0.25) is 0 Å². The number of aliphatic imine (C=N–C) groups is 1. The Morgan fingerprint density at radius 3 is 2.55 bits per heavy atom. The lowest BCUT2D eigenvalue weighted by molar-refractivity contribution is -0.0504. The molecule has 0 radical (unpaired) electrons. The molecule has 2 rings (SSSR count). The maximum atomic E-state index is 12.6. The first-order valence-electron chi connectivity index (χ1n) is 8.85. The van der Waals surface area contributed by atoms with E-state index in [4.69, 9.17) is 11.6 Å². The predicted octanol–water partition coefficient (Wildman–Crippen LogP) is 3.47. The summed E-state index contributed by atoms with van der Waals surface area (Å²) in [6.45, 7) is -0.438. The summed E-state index contributed by atoms with van der Waals surface area (Å²) < 4.78 is 54.3. The third-order valence-electron chi connectivity index (χ3n) is 3.76. The number of rotatable bonds is 9. The van der Waals surface area contributed by atoms with Crippen molar-refractivity contribution in [1.82, 2.24) is 10.6 Å². The lowest BCUT2D eigenvalue weighted by Crippen LogP contribution is -2.39. The number of hydrogen-bond acceptors (Lipinski definition) is 4. The van der Waals surface area contributed by atoms with Crippen molar-refractivity contribution in [3.05, 3.63) is 59.1 Å². The number of guanidine groups is 1. The van der Waals surface area contributed by atoms with E-state index in [9.17, 15) is 17.2 Å². The van der Waals surface area contributed by atoms with Crippen LogP contribution in [-0.4, -0.2) is 39.8 Å². The molecule has 0 atom stereocenters. The minimum atomic E-state index is -3.43. The number of alkyl halides is 2. The van der Waals surface area contributed by atoms with Crippen molar-refractivity contribution in [3.8, 4) is 5.75 Å². The van der Waals surface area contributed by atoms with Crippen molar-refractivity contribution in [2.24, 2.45) is 4.99 Å². The normalized spacial score (nSPS) is 12.1. The summed E-state index contributed by atoms with van der Waals surface area (Å²) in [5.41, 5.74) is 0.381. The second-order valence-corrected chi connectivity index (χ2v) is 8.43. The Morgan fingerprint density at radius 1 is 1.17 bits per heavy atom. The van der Waals surface area contributed by atoms with Crippen LogP contribution in [0.4, 0.5) is 8.78 Å². The predicted molar refractivity (Wildman–Crippen MR) is 109 cm³/mol. The van der Waals surface area contributed by atoms with Gasteiger partial charge in [-0.05, 0) is 37.3 Å². The summed E-state index contributed by atoms with van der Waals surface area (Å²) in [6.07, 6.45) is 0. The van der Waals surface area contributed by atoms with Gasteiger partial charge in [0.1, 0.15) is 5.75 Å². The number of ether oxygens (including phenoxy) is 1. The maximum absolute atomic E-state index is 12.6. The highest BCUT2D eigenvalue weighted by Gasteiger charge is 2.14. The molecule has 0 aromatic heterocycles. The van der Waals surface area contributed by atoms with Crippen LogP contribution in [0.5, 0.6) is 5.75 Å². The molecule has 0 fully saturated rings. The standard InChI is InChI=1S/C19H22ClF2N3O3S/c1-2-23-19(24-10-11-29(26,27)16-6-4-3-5-7-16)25-13-14-12-15(20)8-9-17(14)28-18(21)22/h3-9,12,18H,2,10-11,13H2,1H3,(H2,23,24,25). The zero-order valence-electron chi connectivity index (χ0n) is 15.7. The molecule has 0 amide bonds. The van der Waals surface area contributed by atoms with Gasteiger partial charge in [-0.15, -0.1) is 0 Å². The average Bonchev–Trinajstić information content (AvgIpc) is 2.68. The van der Waals surface area contributed by atoms with E-state index in [1.54, 1.807) is 18.2 Å². The van der Waals surface area contributed by atoms with Gasteiger partial charge in [-0.25, -0.2) is 13.4 Å². The van der Waals surface area contributed by atoms with E-state index in [2.05, 4.69) is 20.4 Å². The van der Waals surface area contributed by atoms with Crippen molar-refractivity contribution in [2.75, 3.05) is 18.8 Å². The highest BCUT2D eigenvalue weighted by molar-refractivity contribution is 7.91. The van der Waals surface area contributed by atoms with Crippen molar-refractivity contribution < 1.29 is 21.9 Å². The molecule has 29 heavy (non-hydrogen) atoms. The van der Waals surface area contributed by atoms with Gasteiger partial charge in [0.25, 0.3) is 0 Å². The average molecular weight is 446 g/mol. The largest absolute Gasteiger partial charge is 0.434 e. The van der Waals surface area contributed by atoms with E-state index in [-0.39, 0.29) is 29.5 Å². The van der Waals surface area contributed by atoms with Gasteiger partial charge in [0, 0.05) is 23.7 Å². The zero-order valence-corrected chi connectivity index (χ0v) is 17.3. The van der Waals surface area contributed by atoms with Crippen LogP contribution in [0.1, 0.15) is 12.5 Å². The Morgan fingerprint density at radius 2 is 1.90 bits per heavy atom. The van der Waals surface area contributed by atoms with Gasteiger partial charge in [-0.3, -0.25) is 0 Å². The maximum Gasteiger partial charge on any atom is 0.387 e. The Labute approximate surface area is 173 Å². The summed E-state index contributed by atoms with van der Waals surface area (Å²) in [7, 11) is -3.43. The molecule has 0 aliphatic carbocycles. The van der Waals surface area contributed by atoms with E-state index in [1.165, 1.54) is 30.3 Å². The van der Waals surface area contributed by atoms with Crippen LogP contribution in [0.2, 0.25) is 5.02 Å². The molecule has 158 valence electrons. The van der Waals surface area contributed by atoms with Crippen molar-refractivity contribution in [2.45, 2.75) is 25.0 Å². The van der Waals surface area contributed by atoms with Crippen molar-refractivity contribution in [1.29, 1.82) is 0 Å². The molecule has 0 heterocycles. The van der Waals surface area contributed by atoms with Crippen LogP contribution in [0, 0.1) is 0 Å². The molecule has 10 heteroatoms. The summed E-state index contributed by atoms with van der Waals surface area (Å²) in [5.74, 6) is 0.201. The summed E-state index contributed by atoms with van der Waals surface area (Å²) >= 11 is 5.93. The Balaban J connectivity index is 2.04. The molecule has 2 N–H and O–H groups in total. The van der Waals surface area contributed by atoms with Gasteiger partial charge >= 0.3 is 6.61 Å². The van der Waals surface area contributed by atoms with Crippen LogP contribution >= 0.6 is 11.6 Å². The molecular formula is C19H22ClF2N3O3S. The highest BCUT2D eigenvalue weighted by Crippen LogP contribution is 2.25. The van der Waals surface area contributed by atoms with Gasteiger partial charge in [-0.2, -0.15) is 8.78 Å². The summed E-state index contributed by atoms with van der Waals surface area (Å²) in [4.78, 5) is 4.55.